The molecule has 0 unspecified atom stereocenters. The van der Waals surface area contributed by atoms with Gasteiger partial charge in [0.15, 0.2) is 6.29 Å². The number of rotatable bonds is 17. The van der Waals surface area contributed by atoms with Crippen molar-refractivity contribution in [2.45, 2.75) is 90.5 Å². The van der Waals surface area contributed by atoms with Crippen molar-refractivity contribution in [2.75, 3.05) is 20.3 Å². The summed E-state index contributed by atoms with van der Waals surface area (Å²) < 4.78 is 29.9. The molecule has 0 saturated carbocycles. The highest BCUT2D eigenvalue weighted by atomic mass is 16.7. The third-order valence-electron chi connectivity index (χ3n) is 7.48. The standard InChI is InChI=1S/C32H46O6/c1-25-26(2)31(37-23-28-18-12-9-13-19-28)32(36-21-15-7-5-4-6-14-20-30(33)34-3)38-29(25)24-35-22-27-16-10-8-11-17-27/h8-13,16-19,25-26,29,31-32H,4-7,14-15,20-24H2,1-3H3/t25-,26-,29+,31+,32-/m0/s1. The highest BCUT2D eigenvalue weighted by Gasteiger charge is 2.42. The summed E-state index contributed by atoms with van der Waals surface area (Å²) in [5.41, 5.74) is 2.30. The second kappa shape index (κ2) is 17.4. The Morgan fingerprint density at radius 3 is 2.03 bits per heavy atom. The van der Waals surface area contributed by atoms with E-state index in [9.17, 15) is 4.79 Å². The van der Waals surface area contributed by atoms with Crippen molar-refractivity contribution >= 4 is 5.97 Å². The van der Waals surface area contributed by atoms with Gasteiger partial charge in [-0.1, -0.05) is 100 Å². The molecule has 0 spiro atoms. The molecule has 1 aliphatic heterocycles. The lowest BCUT2D eigenvalue weighted by Gasteiger charge is -2.44. The Morgan fingerprint density at radius 2 is 1.37 bits per heavy atom. The third kappa shape index (κ3) is 10.5. The number of carbonyl (C=O) groups is 1. The number of hydrogen-bond donors (Lipinski definition) is 0. The third-order valence-corrected chi connectivity index (χ3v) is 7.48. The number of benzene rings is 2. The van der Waals surface area contributed by atoms with Gasteiger partial charge >= 0.3 is 5.97 Å². The van der Waals surface area contributed by atoms with Gasteiger partial charge in [0, 0.05) is 13.0 Å². The molecular formula is C32H46O6. The van der Waals surface area contributed by atoms with Crippen LogP contribution in [0, 0.1) is 11.8 Å². The normalized spacial score (nSPS) is 23.3. The van der Waals surface area contributed by atoms with Gasteiger partial charge in [0.05, 0.1) is 33.0 Å². The van der Waals surface area contributed by atoms with E-state index in [2.05, 4.69) is 38.1 Å². The minimum atomic E-state index is -0.421. The fourth-order valence-electron chi connectivity index (χ4n) is 4.83. The number of hydrogen-bond acceptors (Lipinski definition) is 6. The van der Waals surface area contributed by atoms with Crippen molar-refractivity contribution in [1.82, 2.24) is 0 Å². The van der Waals surface area contributed by atoms with Crippen molar-refractivity contribution in [3.05, 3.63) is 71.8 Å². The van der Waals surface area contributed by atoms with Crippen LogP contribution in [-0.2, 0) is 41.7 Å². The lowest BCUT2D eigenvalue weighted by molar-refractivity contribution is -0.289. The Morgan fingerprint density at radius 1 is 0.763 bits per heavy atom. The average molecular weight is 527 g/mol. The van der Waals surface area contributed by atoms with Gasteiger partial charge in [-0.3, -0.25) is 4.79 Å². The SMILES string of the molecule is COC(=O)CCCCCCCCO[C@H]1O[C@H](COCc2ccccc2)[C@@H](C)[C@H](C)[C@H]1OCc1ccccc1. The fraction of sp³-hybridized carbons (Fsp3) is 0.594. The second-order valence-electron chi connectivity index (χ2n) is 10.3. The van der Waals surface area contributed by atoms with Crippen molar-refractivity contribution < 1.29 is 28.5 Å². The van der Waals surface area contributed by atoms with Crippen molar-refractivity contribution in [1.29, 1.82) is 0 Å². The van der Waals surface area contributed by atoms with Gasteiger partial charge in [-0.2, -0.15) is 0 Å². The number of methoxy groups -OCH3 is 1. The fourth-order valence-corrected chi connectivity index (χ4v) is 4.83. The molecule has 0 N–H and O–H groups in total. The molecule has 6 nitrogen and oxygen atoms in total. The summed E-state index contributed by atoms with van der Waals surface area (Å²) in [7, 11) is 1.44. The molecule has 1 aliphatic rings. The summed E-state index contributed by atoms with van der Waals surface area (Å²) in [6.45, 7) is 6.72. The molecule has 0 radical (unpaired) electrons. The quantitative estimate of drug-likeness (QED) is 0.169. The Hall–Kier alpha value is -2.25. The molecule has 2 aromatic carbocycles. The van der Waals surface area contributed by atoms with Crippen molar-refractivity contribution in [2.24, 2.45) is 11.8 Å². The molecule has 0 amide bonds. The first-order valence-electron chi connectivity index (χ1n) is 14.2. The number of unbranched alkanes of at least 4 members (excludes halogenated alkanes) is 5. The van der Waals surface area contributed by atoms with E-state index in [1.54, 1.807) is 0 Å². The topological polar surface area (TPSA) is 63.2 Å². The molecule has 0 aromatic heterocycles. The minimum Gasteiger partial charge on any atom is -0.469 e. The Bertz CT molecular complexity index is 887. The van der Waals surface area contributed by atoms with E-state index in [1.807, 2.05) is 36.4 Å². The van der Waals surface area contributed by atoms with E-state index in [4.69, 9.17) is 23.7 Å². The van der Waals surface area contributed by atoms with Crippen LogP contribution in [0.4, 0.5) is 0 Å². The molecule has 6 heteroatoms. The molecule has 1 fully saturated rings. The van der Waals surface area contributed by atoms with Crippen molar-refractivity contribution in [3.8, 4) is 0 Å². The number of ether oxygens (including phenoxy) is 5. The van der Waals surface area contributed by atoms with E-state index in [-0.39, 0.29) is 30.0 Å². The largest absolute Gasteiger partial charge is 0.469 e. The van der Waals surface area contributed by atoms with E-state index >= 15 is 0 Å². The lowest BCUT2D eigenvalue weighted by Crippen LogP contribution is -2.52. The summed E-state index contributed by atoms with van der Waals surface area (Å²) in [5.74, 6) is 0.413. The molecule has 1 heterocycles. The first kappa shape index (κ1) is 30.3. The summed E-state index contributed by atoms with van der Waals surface area (Å²) in [6.07, 6.45) is 6.16. The molecular weight excluding hydrogens is 480 g/mol. The summed E-state index contributed by atoms with van der Waals surface area (Å²) in [5, 5.41) is 0. The van der Waals surface area contributed by atoms with Crippen LogP contribution in [0.3, 0.4) is 0 Å². The minimum absolute atomic E-state index is 0.0508. The van der Waals surface area contributed by atoms with E-state index in [0.717, 1.165) is 49.7 Å². The van der Waals surface area contributed by atoms with Crippen LogP contribution in [0.1, 0.15) is 69.9 Å². The maximum atomic E-state index is 11.2. The van der Waals surface area contributed by atoms with Crippen LogP contribution in [-0.4, -0.2) is 44.8 Å². The maximum Gasteiger partial charge on any atom is 0.305 e. The first-order valence-corrected chi connectivity index (χ1v) is 14.2. The highest BCUT2D eigenvalue weighted by molar-refractivity contribution is 5.68. The van der Waals surface area contributed by atoms with Gasteiger partial charge in [-0.25, -0.2) is 0 Å². The van der Waals surface area contributed by atoms with Crippen LogP contribution in [0.2, 0.25) is 0 Å². The van der Waals surface area contributed by atoms with Gasteiger partial charge in [-0.05, 0) is 35.8 Å². The highest BCUT2D eigenvalue weighted by Crippen LogP contribution is 2.34. The molecule has 0 bridgehead atoms. The summed E-state index contributed by atoms with van der Waals surface area (Å²) in [6, 6.07) is 20.5. The molecule has 2 aromatic rings. The molecule has 38 heavy (non-hydrogen) atoms. The monoisotopic (exact) mass is 526 g/mol. The number of carbonyl (C=O) groups excluding carboxylic acids is 1. The van der Waals surface area contributed by atoms with Crippen LogP contribution in [0.25, 0.3) is 0 Å². The van der Waals surface area contributed by atoms with Crippen LogP contribution in [0.5, 0.6) is 0 Å². The predicted octanol–water partition coefficient (Wildman–Crippen LogP) is 6.71. The van der Waals surface area contributed by atoms with Crippen LogP contribution in [0.15, 0.2) is 60.7 Å². The van der Waals surface area contributed by atoms with Gasteiger partial charge in [-0.15, -0.1) is 0 Å². The maximum absolute atomic E-state index is 11.2. The lowest BCUT2D eigenvalue weighted by atomic mass is 9.83. The summed E-state index contributed by atoms with van der Waals surface area (Å²) >= 11 is 0. The zero-order chi connectivity index (χ0) is 27.0. The van der Waals surface area contributed by atoms with E-state index < -0.39 is 6.29 Å². The average Bonchev–Trinajstić information content (AvgIpc) is 2.95. The van der Waals surface area contributed by atoms with Crippen LogP contribution >= 0.6 is 0 Å². The van der Waals surface area contributed by atoms with Gasteiger partial charge in [0.1, 0.15) is 6.10 Å². The Balaban J connectivity index is 1.46. The van der Waals surface area contributed by atoms with Gasteiger partial charge in [0.25, 0.3) is 0 Å². The van der Waals surface area contributed by atoms with E-state index in [1.165, 1.54) is 7.11 Å². The first-order chi connectivity index (χ1) is 18.6. The smallest absolute Gasteiger partial charge is 0.305 e. The Labute approximate surface area is 229 Å². The van der Waals surface area contributed by atoms with Crippen molar-refractivity contribution in [3.63, 3.8) is 0 Å². The zero-order valence-electron chi connectivity index (χ0n) is 23.4. The molecule has 3 rings (SSSR count). The van der Waals surface area contributed by atoms with Gasteiger partial charge in [0.2, 0.25) is 0 Å². The predicted molar refractivity (Wildman–Crippen MR) is 148 cm³/mol. The zero-order valence-corrected chi connectivity index (χ0v) is 23.4. The van der Waals surface area contributed by atoms with E-state index in [0.29, 0.717) is 32.8 Å². The van der Waals surface area contributed by atoms with Gasteiger partial charge < -0.3 is 23.7 Å². The molecule has 210 valence electrons. The number of esters is 1. The molecule has 1 saturated heterocycles. The molecule has 5 atom stereocenters. The Kier molecular flexibility index (Phi) is 13.8. The summed E-state index contributed by atoms with van der Waals surface area (Å²) in [4.78, 5) is 11.2. The molecule has 0 aliphatic carbocycles. The van der Waals surface area contributed by atoms with Crippen LogP contribution < -0.4 is 0 Å². The second-order valence-corrected chi connectivity index (χ2v) is 10.3.